The Morgan fingerprint density at radius 2 is 1.59 bits per heavy atom. The molecule has 4 rings (SSSR count). The highest BCUT2D eigenvalue weighted by Crippen LogP contribution is 2.28. The van der Waals surface area contributed by atoms with E-state index in [2.05, 4.69) is 5.32 Å². The normalized spacial score (nSPS) is 14.3. The van der Waals surface area contributed by atoms with Crippen LogP contribution in [0.1, 0.15) is 60.8 Å². The smallest absolute Gasteiger partial charge is 0.243 e. The number of carbonyl (C=O) groups is 2. The lowest BCUT2D eigenvalue weighted by Gasteiger charge is -2.33. The molecule has 1 N–H and O–H groups in total. The maximum Gasteiger partial charge on any atom is 0.243 e. The van der Waals surface area contributed by atoms with Gasteiger partial charge in [0.05, 0.1) is 11.9 Å². The van der Waals surface area contributed by atoms with E-state index < -0.39 is 16.1 Å². The van der Waals surface area contributed by atoms with Crippen molar-refractivity contribution in [2.75, 3.05) is 17.1 Å². The number of carbonyl (C=O) groups excluding carboxylic acids is 2. The Labute approximate surface area is 271 Å². The van der Waals surface area contributed by atoms with Crippen molar-refractivity contribution in [1.29, 1.82) is 0 Å². The van der Waals surface area contributed by atoms with Crippen molar-refractivity contribution in [2.24, 2.45) is 0 Å². The van der Waals surface area contributed by atoms with Crippen molar-refractivity contribution in [3.05, 3.63) is 99.0 Å². The fourth-order valence-corrected chi connectivity index (χ4v) is 7.13. The highest BCUT2D eigenvalue weighted by molar-refractivity contribution is 7.92. The van der Waals surface area contributed by atoms with Crippen LogP contribution in [0.15, 0.2) is 66.7 Å². The second kappa shape index (κ2) is 15.3. The molecule has 0 spiro atoms. The fourth-order valence-electron chi connectivity index (χ4n) is 5.66. The highest BCUT2D eigenvalue weighted by atomic mass is 35.5. The molecule has 236 valence electrons. The molecular formula is C34H41Cl2N3O4S. The molecule has 0 heterocycles. The van der Waals surface area contributed by atoms with Gasteiger partial charge in [-0.25, -0.2) is 8.42 Å². The number of amides is 2. The molecule has 0 bridgehead atoms. The summed E-state index contributed by atoms with van der Waals surface area (Å²) in [5.74, 6) is -0.498. The molecule has 1 saturated carbocycles. The molecule has 1 atom stereocenters. The zero-order chi connectivity index (χ0) is 31.9. The number of sulfonamides is 1. The van der Waals surface area contributed by atoms with Gasteiger partial charge in [0.1, 0.15) is 6.04 Å². The van der Waals surface area contributed by atoms with Gasteiger partial charge in [0, 0.05) is 47.6 Å². The van der Waals surface area contributed by atoms with Crippen LogP contribution in [0, 0.1) is 13.8 Å². The van der Waals surface area contributed by atoms with Crippen LogP contribution in [-0.4, -0.2) is 50.0 Å². The van der Waals surface area contributed by atoms with Gasteiger partial charge in [-0.15, -0.1) is 0 Å². The Kier molecular flexibility index (Phi) is 11.7. The first-order chi connectivity index (χ1) is 20.9. The number of nitrogens with zero attached hydrogens (tertiary/aromatic N) is 2. The third kappa shape index (κ3) is 8.99. The maximum atomic E-state index is 14.1. The number of halogens is 2. The number of nitrogens with one attached hydrogen (secondary N) is 1. The van der Waals surface area contributed by atoms with Gasteiger partial charge in [0.15, 0.2) is 0 Å². The van der Waals surface area contributed by atoms with Crippen LogP contribution in [0.5, 0.6) is 0 Å². The zero-order valence-electron chi connectivity index (χ0n) is 25.6. The van der Waals surface area contributed by atoms with Crippen molar-refractivity contribution in [3.8, 4) is 0 Å². The molecule has 1 aliphatic rings. The molecule has 0 aromatic heterocycles. The predicted octanol–water partition coefficient (Wildman–Crippen LogP) is 6.86. The van der Waals surface area contributed by atoms with Gasteiger partial charge in [0.25, 0.3) is 0 Å². The summed E-state index contributed by atoms with van der Waals surface area (Å²) in [5, 5.41) is 4.00. The predicted molar refractivity (Wildman–Crippen MR) is 179 cm³/mol. The lowest BCUT2D eigenvalue weighted by atomic mass is 10.0. The second-order valence-corrected chi connectivity index (χ2v) is 14.3. The summed E-state index contributed by atoms with van der Waals surface area (Å²) in [6, 6.07) is 19.5. The number of rotatable bonds is 13. The van der Waals surface area contributed by atoms with Crippen LogP contribution >= 0.6 is 23.2 Å². The molecule has 0 radical (unpaired) electrons. The summed E-state index contributed by atoms with van der Waals surface area (Å²) in [6.45, 7) is 4.06. The molecule has 0 unspecified atom stereocenters. The molecule has 44 heavy (non-hydrogen) atoms. The van der Waals surface area contributed by atoms with Gasteiger partial charge < -0.3 is 10.2 Å². The second-order valence-electron chi connectivity index (χ2n) is 11.6. The van der Waals surface area contributed by atoms with E-state index in [4.69, 9.17) is 23.2 Å². The molecule has 2 amide bonds. The van der Waals surface area contributed by atoms with Crippen LogP contribution in [0.3, 0.4) is 0 Å². The summed E-state index contributed by atoms with van der Waals surface area (Å²) < 4.78 is 26.9. The summed E-state index contributed by atoms with van der Waals surface area (Å²) in [6.07, 6.45) is 5.70. The van der Waals surface area contributed by atoms with Crippen LogP contribution in [0.4, 0.5) is 5.69 Å². The Balaban J connectivity index is 1.62. The first-order valence-corrected chi connectivity index (χ1v) is 17.7. The molecule has 1 aliphatic carbocycles. The average molecular weight is 659 g/mol. The highest BCUT2D eigenvalue weighted by Gasteiger charge is 2.33. The molecule has 3 aromatic carbocycles. The van der Waals surface area contributed by atoms with Crippen molar-refractivity contribution in [2.45, 2.75) is 77.4 Å². The Morgan fingerprint density at radius 3 is 2.20 bits per heavy atom. The lowest BCUT2D eigenvalue weighted by molar-refractivity contribution is -0.141. The minimum Gasteiger partial charge on any atom is -0.352 e. The van der Waals surface area contributed by atoms with E-state index in [1.54, 1.807) is 29.2 Å². The largest absolute Gasteiger partial charge is 0.352 e. The molecule has 0 saturated heterocycles. The van der Waals surface area contributed by atoms with Crippen molar-refractivity contribution in [3.63, 3.8) is 0 Å². The monoisotopic (exact) mass is 657 g/mol. The van der Waals surface area contributed by atoms with Gasteiger partial charge in [-0.3, -0.25) is 13.9 Å². The molecule has 7 nitrogen and oxygen atoms in total. The minimum absolute atomic E-state index is 0.0287. The van der Waals surface area contributed by atoms with Crippen LogP contribution in [0.2, 0.25) is 10.0 Å². The van der Waals surface area contributed by atoms with Gasteiger partial charge >= 0.3 is 0 Å². The Morgan fingerprint density at radius 1 is 0.932 bits per heavy atom. The lowest BCUT2D eigenvalue weighted by Crippen LogP contribution is -2.52. The number of hydrogen-bond acceptors (Lipinski definition) is 4. The standard InChI is InChI=1S/C34H41Cl2N3O4S/c1-24-18-19-28(21-25(24)2)39(44(3,42)43)20-10-17-33(40)38(23-29-30(35)15-9-16-31(29)36)32(22-26-11-5-4-6-12-26)34(41)37-27-13-7-8-14-27/h4-6,9,11-12,15-16,18-19,21,27,32H,7-8,10,13-14,17,20,22-23H2,1-3H3,(H,37,41)/t32-/m0/s1. The van der Waals surface area contributed by atoms with E-state index in [0.29, 0.717) is 27.7 Å². The van der Waals surface area contributed by atoms with E-state index >= 15 is 0 Å². The van der Waals surface area contributed by atoms with Gasteiger partial charge in [-0.2, -0.15) is 0 Å². The average Bonchev–Trinajstić information content (AvgIpc) is 3.49. The number of benzene rings is 3. The molecule has 3 aromatic rings. The van der Waals surface area contributed by atoms with Crippen molar-refractivity contribution in [1.82, 2.24) is 10.2 Å². The molecule has 1 fully saturated rings. The van der Waals surface area contributed by atoms with Gasteiger partial charge in [-0.05, 0) is 74.1 Å². The first kappa shape index (κ1) is 33.8. The molecule has 10 heteroatoms. The van der Waals surface area contributed by atoms with Crippen molar-refractivity contribution < 1.29 is 18.0 Å². The SMILES string of the molecule is Cc1ccc(N(CCCC(=O)N(Cc2c(Cl)cccc2Cl)[C@@H](Cc2ccccc2)C(=O)NC2CCCC2)S(C)(=O)=O)cc1C. The number of aryl methyl sites for hydroxylation is 2. The first-order valence-electron chi connectivity index (χ1n) is 15.1. The van der Waals surface area contributed by atoms with Crippen LogP contribution in [0.25, 0.3) is 0 Å². The quantitative estimate of drug-likeness (QED) is 0.218. The Bertz CT molecular complexity index is 1540. The zero-order valence-corrected chi connectivity index (χ0v) is 27.9. The third-order valence-electron chi connectivity index (χ3n) is 8.29. The number of hydrogen-bond donors (Lipinski definition) is 1. The van der Waals surface area contributed by atoms with Crippen LogP contribution < -0.4 is 9.62 Å². The fraction of sp³-hybridized carbons (Fsp3) is 0.412. The Hall–Kier alpha value is -3.07. The molecular weight excluding hydrogens is 617 g/mol. The van der Waals surface area contributed by atoms with Gasteiger partial charge in [0.2, 0.25) is 21.8 Å². The maximum absolute atomic E-state index is 14.1. The number of anilines is 1. The summed E-state index contributed by atoms with van der Waals surface area (Å²) in [5.41, 5.74) is 4.07. The van der Waals surface area contributed by atoms with Crippen LogP contribution in [-0.2, 0) is 32.6 Å². The summed E-state index contributed by atoms with van der Waals surface area (Å²) >= 11 is 13.1. The summed E-state index contributed by atoms with van der Waals surface area (Å²) in [7, 11) is -3.60. The van der Waals surface area contributed by atoms with E-state index in [1.165, 1.54) is 10.6 Å². The van der Waals surface area contributed by atoms with E-state index in [-0.39, 0.29) is 43.8 Å². The van der Waals surface area contributed by atoms with E-state index in [0.717, 1.165) is 42.4 Å². The van der Waals surface area contributed by atoms with E-state index in [1.807, 2.05) is 56.3 Å². The molecule has 0 aliphatic heterocycles. The van der Waals surface area contributed by atoms with Gasteiger partial charge in [-0.1, -0.05) is 78.5 Å². The topological polar surface area (TPSA) is 86.8 Å². The van der Waals surface area contributed by atoms with E-state index in [9.17, 15) is 18.0 Å². The third-order valence-corrected chi connectivity index (χ3v) is 10.2. The summed E-state index contributed by atoms with van der Waals surface area (Å²) in [4.78, 5) is 29.6. The van der Waals surface area contributed by atoms with Crippen molar-refractivity contribution >= 4 is 50.7 Å². The minimum atomic E-state index is -3.60.